The Morgan fingerprint density at radius 3 is 2.52 bits per heavy atom. The molecule has 0 radical (unpaired) electrons. The van der Waals surface area contributed by atoms with Crippen molar-refractivity contribution < 1.29 is 8.81 Å². The number of benzene rings is 2. The van der Waals surface area contributed by atoms with Crippen molar-refractivity contribution in [3.05, 3.63) is 89.7 Å². The molecule has 1 aliphatic rings. The first-order valence-electron chi connectivity index (χ1n) is 8.99. The molecule has 1 nitrogen and oxygen atoms in total. The van der Waals surface area contributed by atoms with Gasteiger partial charge in [0.25, 0.3) is 0 Å². The van der Waals surface area contributed by atoms with Crippen LogP contribution in [0.25, 0.3) is 16.5 Å². The van der Waals surface area contributed by atoms with Crippen LogP contribution in [0, 0.1) is 0 Å². The van der Waals surface area contributed by atoms with Gasteiger partial charge in [-0.3, -0.25) is 0 Å². The third-order valence-corrected chi connectivity index (χ3v) is 5.36. The van der Waals surface area contributed by atoms with Gasteiger partial charge < -0.3 is 4.42 Å². The van der Waals surface area contributed by atoms with E-state index in [0.29, 0.717) is 17.8 Å². The van der Waals surface area contributed by atoms with Crippen molar-refractivity contribution in [2.24, 2.45) is 0 Å². The molecule has 2 aromatic carbocycles. The van der Waals surface area contributed by atoms with Gasteiger partial charge >= 0.3 is 0 Å². The Morgan fingerprint density at radius 2 is 1.74 bits per heavy atom. The molecule has 4 rings (SSSR count). The second kappa shape index (κ2) is 9.21. The monoisotopic (exact) mass is 396 g/mol. The molecule has 0 N–H and O–H groups in total. The molecule has 0 spiro atoms. The summed E-state index contributed by atoms with van der Waals surface area (Å²) in [6.07, 6.45) is 6.03. The summed E-state index contributed by atoms with van der Waals surface area (Å²) in [4.78, 5) is 2.32. The van der Waals surface area contributed by atoms with Gasteiger partial charge in [0.1, 0.15) is 17.2 Å². The van der Waals surface area contributed by atoms with Gasteiger partial charge in [-0.1, -0.05) is 56.0 Å². The lowest BCUT2D eigenvalue weighted by atomic mass is 10.1. The molecule has 0 saturated carbocycles. The van der Waals surface area contributed by atoms with Crippen LogP contribution in [-0.4, -0.2) is 0 Å². The Kier molecular flexibility index (Phi) is 6.71. The maximum Gasteiger partial charge on any atom is 0.138 e. The summed E-state index contributed by atoms with van der Waals surface area (Å²) in [5, 5.41) is 1.83. The van der Waals surface area contributed by atoms with E-state index in [9.17, 15) is 4.39 Å². The van der Waals surface area contributed by atoms with Gasteiger partial charge in [0.2, 0.25) is 0 Å². The molecule has 0 amide bonds. The molecule has 1 aromatic heterocycles. The summed E-state index contributed by atoms with van der Waals surface area (Å²) in [7, 11) is 2.54. The molecule has 4 heteroatoms. The smallest absolute Gasteiger partial charge is 0.138 e. The van der Waals surface area contributed by atoms with Crippen molar-refractivity contribution in [2.45, 2.75) is 30.1 Å². The van der Waals surface area contributed by atoms with Crippen molar-refractivity contribution >= 4 is 37.5 Å². The SMILES string of the molecule is CC.FC1=CC(P)=CCC=C1c1cc2cc(Sc3ccccc3)ccc2o1. The van der Waals surface area contributed by atoms with Gasteiger partial charge in [0.05, 0.1) is 0 Å². The average molecular weight is 396 g/mol. The second-order valence-electron chi connectivity index (χ2n) is 5.78. The molecule has 27 heavy (non-hydrogen) atoms. The average Bonchev–Trinajstić information content (AvgIpc) is 3.02. The van der Waals surface area contributed by atoms with E-state index >= 15 is 0 Å². The third kappa shape index (κ3) is 4.80. The van der Waals surface area contributed by atoms with Crippen LogP contribution in [0.1, 0.15) is 26.0 Å². The standard InChI is InChI=1S/C21H16FOPS.C2H6/c22-19-13-15(24)5-4-8-18(19)21-12-14-11-17(9-10-20(14)23-21)25-16-6-2-1-3-7-16;1-2/h1-3,5-13H,4,24H2;1-2H3. The minimum absolute atomic E-state index is 0.267. The highest BCUT2D eigenvalue weighted by Crippen LogP contribution is 2.35. The highest BCUT2D eigenvalue weighted by molar-refractivity contribution is 7.99. The molecule has 138 valence electrons. The minimum atomic E-state index is -0.267. The number of furan rings is 1. The summed E-state index contributed by atoms with van der Waals surface area (Å²) < 4.78 is 20.3. The highest BCUT2D eigenvalue weighted by atomic mass is 32.2. The van der Waals surface area contributed by atoms with E-state index in [4.69, 9.17) is 4.42 Å². The van der Waals surface area contributed by atoms with E-state index in [1.165, 1.54) is 11.0 Å². The summed E-state index contributed by atoms with van der Waals surface area (Å²) in [5.74, 6) is 0.301. The molecule has 3 aromatic rings. The molecule has 0 saturated heterocycles. The zero-order valence-electron chi connectivity index (χ0n) is 15.4. The van der Waals surface area contributed by atoms with Gasteiger partial charge in [-0.15, -0.1) is 9.24 Å². The summed E-state index contributed by atoms with van der Waals surface area (Å²) in [5.41, 5.74) is 1.28. The molecule has 1 aliphatic carbocycles. The van der Waals surface area contributed by atoms with E-state index in [-0.39, 0.29) is 5.83 Å². The molecule has 0 fully saturated rings. The normalized spacial score (nSPS) is 13.9. The highest BCUT2D eigenvalue weighted by Gasteiger charge is 2.15. The molecule has 1 unspecified atom stereocenters. The Balaban J connectivity index is 0.00000102. The lowest BCUT2D eigenvalue weighted by Crippen LogP contribution is -1.81. The van der Waals surface area contributed by atoms with Crippen LogP contribution in [-0.2, 0) is 0 Å². The molecular formula is C23H22FOPS. The number of allylic oxidation sites excluding steroid dienone is 6. The lowest BCUT2D eigenvalue weighted by Gasteiger charge is -2.00. The topological polar surface area (TPSA) is 13.1 Å². The fourth-order valence-corrected chi connectivity index (χ4v) is 3.92. The Hall–Kier alpha value is -2.09. The van der Waals surface area contributed by atoms with Gasteiger partial charge in [0, 0.05) is 20.8 Å². The number of hydrogen-bond acceptors (Lipinski definition) is 2. The van der Waals surface area contributed by atoms with Crippen LogP contribution >= 0.6 is 21.0 Å². The van der Waals surface area contributed by atoms with Gasteiger partial charge in [0.15, 0.2) is 0 Å². The first kappa shape index (κ1) is 19.7. The summed E-state index contributed by atoms with van der Waals surface area (Å²) in [6.45, 7) is 4.00. The van der Waals surface area contributed by atoms with E-state index < -0.39 is 0 Å². The van der Waals surface area contributed by atoms with E-state index in [0.717, 1.165) is 21.2 Å². The van der Waals surface area contributed by atoms with Crippen molar-refractivity contribution in [3.8, 4) is 0 Å². The Bertz CT molecular complexity index is 1020. The fraction of sp³-hybridized carbons (Fsp3) is 0.130. The molecule has 1 atom stereocenters. The first-order valence-corrected chi connectivity index (χ1v) is 10.4. The van der Waals surface area contributed by atoms with Crippen molar-refractivity contribution in [1.29, 1.82) is 0 Å². The van der Waals surface area contributed by atoms with E-state index in [1.54, 1.807) is 11.8 Å². The van der Waals surface area contributed by atoms with Crippen molar-refractivity contribution in [1.82, 2.24) is 0 Å². The van der Waals surface area contributed by atoms with Crippen molar-refractivity contribution in [3.63, 3.8) is 0 Å². The maximum absolute atomic E-state index is 14.4. The zero-order chi connectivity index (χ0) is 19.2. The molecule has 0 bridgehead atoms. The summed E-state index contributed by atoms with van der Waals surface area (Å²) in [6, 6.07) is 18.2. The lowest BCUT2D eigenvalue weighted by molar-refractivity contribution is 0.588. The van der Waals surface area contributed by atoms with Crippen LogP contribution < -0.4 is 0 Å². The van der Waals surface area contributed by atoms with Crippen molar-refractivity contribution in [2.75, 3.05) is 0 Å². The fourth-order valence-electron chi connectivity index (χ4n) is 2.75. The van der Waals surface area contributed by atoms with E-state index in [1.807, 2.05) is 62.4 Å². The van der Waals surface area contributed by atoms with Crippen LogP contribution in [0.4, 0.5) is 4.39 Å². The van der Waals surface area contributed by atoms with E-state index in [2.05, 4.69) is 27.4 Å². The number of halogens is 1. The number of rotatable bonds is 3. The maximum atomic E-state index is 14.4. The third-order valence-electron chi connectivity index (χ3n) is 3.96. The predicted molar refractivity (Wildman–Crippen MR) is 118 cm³/mol. The van der Waals surface area contributed by atoms with Crippen LogP contribution in [0.5, 0.6) is 0 Å². The minimum Gasteiger partial charge on any atom is -0.456 e. The van der Waals surface area contributed by atoms with Gasteiger partial charge in [-0.25, -0.2) is 4.39 Å². The van der Waals surface area contributed by atoms with Crippen LogP contribution in [0.15, 0.2) is 98.2 Å². The predicted octanol–water partition coefficient (Wildman–Crippen LogP) is 8.01. The van der Waals surface area contributed by atoms with Gasteiger partial charge in [-0.05, 0) is 54.2 Å². The molecule has 0 aliphatic heterocycles. The zero-order valence-corrected chi connectivity index (χ0v) is 17.4. The summed E-state index contributed by atoms with van der Waals surface area (Å²) >= 11 is 1.70. The second-order valence-corrected chi connectivity index (χ2v) is 7.59. The molecular weight excluding hydrogens is 374 g/mol. The largest absolute Gasteiger partial charge is 0.456 e. The first-order chi connectivity index (χ1) is 13.2. The van der Waals surface area contributed by atoms with Crippen LogP contribution in [0.3, 0.4) is 0 Å². The number of fused-ring (bicyclic) bond motifs is 1. The quantitative estimate of drug-likeness (QED) is 0.416. The number of hydrogen-bond donors (Lipinski definition) is 0. The van der Waals surface area contributed by atoms with Gasteiger partial charge in [-0.2, -0.15) is 0 Å². The van der Waals surface area contributed by atoms with Crippen LogP contribution in [0.2, 0.25) is 0 Å². The molecule has 1 heterocycles. The Morgan fingerprint density at radius 1 is 0.963 bits per heavy atom. The Labute approximate surface area is 166 Å².